The molecule has 0 bridgehead atoms. The molecule has 1 fully saturated rings. The summed E-state index contributed by atoms with van der Waals surface area (Å²) in [5.41, 5.74) is 0.930. The van der Waals surface area contributed by atoms with Crippen molar-refractivity contribution in [3.05, 3.63) is 29.0 Å². The molecule has 2 rings (SSSR count). The molecule has 0 spiro atoms. The van der Waals surface area contributed by atoms with Crippen molar-refractivity contribution >= 4 is 17.4 Å². The Bertz CT molecular complexity index is 371. The van der Waals surface area contributed by atoms with Gasteiger partial charge in [0.05, 0.1) is 5.02 Å². The lowest BCUT2D eigenvalue weighted by atomic mass is 9.93. The molecule has 0 aromatic carbocycles. The van der Waals surface area contributed by atoms with Crippen LogP contribution in [0.2, 0.25) is 5.02 Å². The van der Waals surface area contributed by atoms with E-state index in [0.717, 1.165) is 24.8 Å². The quantitative estimate of drug-likeness (QED) is 0.766. The number of aromatic nitrogens is 1. The molecule has 14 heavy (non-hydrogen) atoms. The highest BCUT2D eigenvalue weighted by molar-refractivity contribution is 6.31. The smallest absolute Gasteiger partial charge is 0.136 e. The summed E-state index contributed by atoms with van der Waals surface area (Å²) < 4.78 is 0. The molecule has 0 saturated heterocycles. The lowest BCUT2D eigenvalue weighted by Crippen LogP contribution is -2.15. The van der Waals surface area contributed by atoms with Crippen LogP contribution in [0.25, 0.3) is 0 Å². The highest BCUT2D eigenvalue weighted by Gasteiger charge is 2.47. The Morgan fingerprint density at radius 3 is 2.86 bits per heavy atom. The average Bonchev–Trinajstić information content (AvgIpc) is 2.90. The van der Waals surface area contributed by atoms with Crippen molar-refractivity contribution in [3.8, 4) is 0 Å². The molecular weight excluding hydrogens is 198 g/mol. The minimum atomic E-state index is -0.106. The second-order valence-electron chi connectivity index (χ2n) is 3.98. The van der Waals surface area contributed by atoms with Crippen molar-refractivity contribution in [2.45, 2.75) is 26.2 Å². The number of pyridine rings is 1. The van der Waals surface area contributed by atoms with Crippen molar-refractivity contribution in [1.29, 1.82) is 0 Å². The number of carbonyl (C=O) groups excluding carboxylic acids is 1. The van der Waals surface area contributed by atoms with Gasteiger partial charge in [0, 0.05) is 17.8 Å². The SMILES string of the molecule is CC(=O)C1(Cc2ccncc2Cl)CC1. The predicted molar refractivity (Wildman–Crippen MR) is 55.3 cm³/mol. The van der Waals surface area contributed by atoms with Crippen molar-refractivity contribution in [2.24, 2.45) is 5.41 Å². The summed E-state index contributed by atoms with van der Waals surface area (Å²) in [7, 11) is 0. The van der Waals surface area contributed by atoms with Gasteiger partial charge in [0.1, 0.15) is 5.78 Å². The summed E-state index contributed by atoms with van der Waals surface area (Å²) in [5, 5.41) is 0.667. The number of nitrogens with zero attached hydrogens (tertiary/aromatic N) is 1. The minimum Gasteiger partial charge on any atom is -0.299 e. The molecule has 0 radical (unpaired) electrons. The number of halogens is 1. The first-order valence-corrected chi connectivity index (χ1v) is 5.11. The molecule has 0 N–H and O–H groups in total. The molecule has 1 saturated carbocycles. The van der Waals surface area contributed by atoms with Crippen molar-refractivity contribution < 1.29 is 4.79 Å². The summed E-state index contributed by atoms with van der Waals surface area (Å²) in [6.07, 6.45) is 6.12. The van der Waals surface area contributed by atoms with Gasteiger partial charge in [0.15, 0.2) is 0 Å². The maximum Gasteiger partial charge on any atom is 0.136 e. The second kappa shape index (κ2) is 3.35. The molecule has 74 valence electrons. The number of hydrogen-bond donors (Lipinski definition) is 0. The highest BCUT2D eigenvalue weighted by atomic mass is 35.5. The summed E-state index contributed by atoms with van der Waals surface area (Å²) in [4.78, 5) is 15.3. The normalized spacial score (nSPS) is 17.9. The second-order valence-corrected chi connectivity index (χ2v) is 4.39. The fourth-order valence-electron chi connectivity index (χ4n) is 1.72. The molecule has 1 heterocycles. The van der Waals surface area contributed by atoms with Gasteiger partial charge in [-0.3, -0.25) is 9.78 Å². The molecule has 0 amide bonds. The summed E-state index contributed by atoms with van der Waals surface area (Å²) in [5.74, 6) is 0.283. The lowest BCUT2D eigenvalue weighted by molar-refractivity contribution is -0.121. The van der Waals surface area contributed by atoms with Crippen LogP contribution in [0.4, 0.5) is 0 Å². The average molecular weight is 210 g/mol. The third-order valence-corrected chi connectivity index (χ3v) is 3.33. The molecule has 1 aliphatic carbocycles. The number of rotatable bonds is 3. The maximum absolute atomic E-state index is 11.4. The summed E-state index contributed by atoms with van der Waals surface area (Å²) in [6, 6.07) is 1.89. The zero-order valence-electron chi connectivity index (χ0n) is 8.09. The van der Waals surface area contributed by atoms with Gasteiger partial charge in [-0.1, -0.05) is 11.6 Å². The topological polar surface area (TPSA) is 30.0 Å². The van der Waals surface area contributed by atoms with E-state index in [1.807, 2.05) is 6.07 Å². The number of carbonyl (C=O) groups is 1. The van der Waals surface area contributed by atoms with Crippen LogP contribution in [0.1, 0.15) is 25.3 Å². The van der Waals surface area contributed by atoms with Crippen molar-refractivity contribution in [1.82, 2.24) is 4.98 Å². The Balaban J connectivity index is 2.19. The van der Waals surface area contributed by atoms with Gasteiger partial charge >= 0.3 is 0 Å². The first-order valence-electron chi connectivity index (χ1n) is 4.73. The molecule has 2 nitrogen and oxygen atoms in total. The van der Waals surface area contributed by atoms with Crippen LogP contribution in [0.15, 0.2) is 18.5 Å². The Hall–Kier alpha value is -0.890. The van der Waals surface area contributed by atoms with E-state index in [2.05, 4.69) is 4.98 Å². The maximum atomic E-state index is 11.4. The lowest BCUT2D eigenvalue weighted by Gasteiger charge is -2.11. The van der Waals surface area contributed by atoms with Crippen LogP contribution in [-0.2, 0) is 11.2 Å². The minimum absolute atomic E-state index is 0.106. The largest absolute Gasteiger partial charge is 0.299 e. The van der Waals surface area contributed by atoms with Gasteiger partial charge in [0.2, 0.25) is 0 Å². The van der Waals surface area contributed by atoms with Crippen LogP contribution in [-0.4, -0.2) is 10.8 Å². The summed E-state index contributed by atoms with van der Waals surface area (Å²) in [6.45, 7) is 1.67. The third kappa shape index (κ3) is 1.67. The molecule has 1 aliphatic rings. The Morgan fingerprint density at radius 1 is 1.64 bits per heavy atom. The number of ketones is 1. The van der Waals surface area contributed by atoms with E-state index in [1.165, 1.54) is 0 Å². The van der Waals surface area contributed by atoms with Gasteiger partial charge in [0.25, 0.3) is 0 Å². The zero-order chi connectivity index (χ0) is 10.2. The van der Waals surface area contributed by atoms with Gasteiger partial charge in [-0.15, -0.1) is 0 Å². The van der Waals surface area contributed by atoms with Gasteiger partial charge < -0.3 is 0 Å². The molecule has 0 unspecified atom stereocenters. The zero-order valence-corrected chi connectivity index (χ0v) is 8.84. The van der Waals surface area contributed by atoms with E-state index >= 15 is 0 Å². The standard InChI is InChI=1S/C11H12ClNO/c1-8(14)11(3-4-11)6-9-2-5-13-7-10(9)12/h2,5,7H,3-4,6H2,1H3. The van der Waals surface area contributed by atoms with Crippen LogP contribution in [0.5, 0.6) is 0 Å². The van der Waals surface area contributed by atoms with E-state index in [9.17, 15) is 4.79 Å². The van der Waals surface area contributed by atoms with Crippen LogP contribution in [0, 0.1) is 5.41 Å². The number of hydrogen-bond acceptors (Lipinski definition) is 2. The first-order chi connectivity index (χ1) is 6.64. The predicted octanol–water partition coefficient (Wildman–Crippen LogP) is 2.65. The van der Waals surface area contributed by atoms with Gasteiger partial charge in [-0.05, 0) is 37.8 Å². The van der Waals surface area contributed by atoms with Crippen molar-refractivity contribution in [2.75, 3.05) is 0 Å². The van der Waals surface area contributed by atoms with Gasteiger partial charge in [-0.2, -0.15) is 0 Å². The van der Waals surface area contributed by atoms with E-state index in [4.69, 9.17) is 11.6 Å². The molecule has 0 atom stereocenters. The molecular formula is C11H12ClNO. The highest BCUT2D eigenvalue weighted by Crippen LogP contribution is 2.49. The number of Topliss-reactive ketones (excluding diaryl/α,β-unsaturated/α-hetero) is 1. The monoisotopic (exact) mass is 209 g/mol. The molecule has 3 heteroatoms. The molecule has 1 aromatic rings. The van der Waals surface area contributed by atoms with E-state index < -0.39 is 0 Å². The van der Waals surface area contributed by atoms with E-state index in [1.54, 1.807) is 19.3 Å². The molecule has 0 aliphatic heterocycles. The Labute approximate surface area is 88.3 Å². The third-order valence-electron chi connectivity index (χ3n) is 2.99. The fraction of sp³-hybridized carbons (Fsp3) is 0.455. The van der Waals surface area contributed by atoms with Gasteiger partial charge in [-0.25, -0.2) is 0 Å². The van der Waals surface area contributed by atoms with E-state index in [0.29, 0.717) is 5.02 Å². The van der Waals surface area contributed by atoms with Crippen LogP contribution >= 0.6 is 11.6 Å². The van der Waals surface area contributed by atoms with Crippen LogP contribution in [0.3, 0.4) is 0 Å². The van der Waals surface area contributed by atoms with Crippen molar-refractivity contribution in [3.63, 3.8) is 0 Å². The summed E-state index contributed by atoms with van der Waals surface area (Å²) >= 11 is 5.99. The first kappa shape index (κ1) is 9.66. The Kier molecular flexibility index (Phi) is 2.31. The molecule has 1 aromatic heterocycles. The van der Waals surface area contributed by atoms with E-state index in [-0.39, 0.29) is 11.2 Å². The fourth-order valence-corrected chi connectivity index (χ4v) is 1.90. The Morgan fingerprint density at radius 2 is 2.36 bits per heavy atom. The van der Waals surface area contributed by atoms with Crippen LogP contribution < -0.4 is 0 Å².